The molecule has 0 aliphatic carbocycles. The van der Waals surface area contributed by atoms with Crippen molar-refractivity contribution in [1.29, 1.82) is 0 Å². The molecule has 1 heterocycles. The summed E-state index contributed by atoms with van der Waals surface area (Å²) in [5.74, 6) is 0.725. The fourth-order valence-electron chi connectivity index (χ4n) is 3.70. The van der Waals surface area contributed by atoms with Crippen molar-refractivity contribution >= 4 is 21.8 Å². The van der Waals surface area contributed by atoms with Gasteiger partial charge >= 0.3 is 0 Å². The molecule has 2 aromatic carbocycles. The van der Waals surface area contributed by atoms with E-state index in [-0.39, 0.29) is 24.0 Å². The molecule has 1 N–H and O–H groups in total. The number of hydrogen-bond donors (Lipinski definition) is 1. The fraction of sp³-hybridized carbons (Fsp3) is 0.458. The second-order valence-corrected chi connectivity index (χ2v) is 9.70. The fourth-order valence-corrected chi connectivity index (χ4v) is 4.06. The summed E-state index contributed by atoms with van der Waals surface area (Å²) in [6, 6.07) is 16.7. The number of carbonyl (C=O) groups excluding carboxylic acids is 1. The second kappa shape index (κ2) is 9.77. The highest BCUT2D eigenvalue weighted by molar-refractivity contribution is 9.10. The predicted molar refractivity (Wildman–Crippen MR) is 121 cm³/mol. The van der Waals surface area contributed by atoms with Gasteiger partial charge in [-0.3, -0.25) is 9.69 Å². The van der Waals surface area contributed by atoms with Gasteiger partial charge in [0.25, 0.3) is 5.91 Å². The van der Waals surface area contributed by atoms with Crippen LogP contribution in [0.15, 0.2) is 53.0 Å². The first-order chi connectivity index (χ1) is 13.8. The Balaban J connectivity index is 1.45. The minimum atomic E-state index is -0.0544. The van der Waals surface area contributed by atoms with Crippen LogP contribution in [0.3, 0.4) is 0 Å². The minimum absolute atomic E-state index is 0.0470. The predicted octanol–water partition coefficient (Wildman–Crippen LogP) is 4.91. The third kappa shape index (κ3) is 6.58. The van der Waals surface area contributed by atoms with Crippen molar-refractivity contribution in [2.24, 2.45) is 0 Å². The Bertz CT molecular complexity index is 809. The molecule has 0 spiro atoms. The maximum absolute atomic E-state index is 12.4. The Labute approximate surface area is 182 Å². The van der Waals surface area contributed by atoms with Crippen LogP contribution in [0.5, 0.6) is 5.75 Å². The van der Waals surface area contributed by atoms with E-state index in [0.717, 1.165) is 48.3 Å². The summed E-state index contributed by atoms with van der Waals surface area (Å²) >= 11 is 3.52. The van der Waals surface area contributed by atoms with Gasteiger partial charge in [0.2, 0.25) is 0 Å². The Hall–Kier alpha value is -1.85. The molecule has 0 bridgehead atoms. The number of nitrogens with zero attached hydrogens (tertiary/aromatic N) is 1. The lowest BCUT2D eigenvalue weighted by Gasteiger charge is -2.32. The molecule has 0 aromatic heterocycles. The second-order valence-electron chi connectivity index (χ2n) is 8.78. The number of carbonyl (C=O) groups is 1. The van der Waals surface area contributed by atoms with Gasteiger partial charge in [0.05, 0.1) is 0 Å². The summed E-state index contributed by atoms with van der Waals surface area (Å²) in [4.78, 5) is 14.9. The summed E-state index contributed by atoms with van der Waals surface area (Å²) < 4.78 is 6.89. The molecule has 0 unspecified atom stereocenters. The number of nitrogens with one attached hydrogen (secondary N) is 1. The van der Waals surface area contributed by atoms with E-state index in [2.05, 4.69) is 77.2 Å². The van der Waals surface area contributed by atoms with E-state index in [9.17, 15) is 4.79 Å². The van der Waals surface area contributed by atoms with E-state index < -0.39 is 0 Å². The first-order valence-electron chi connectivity index (χ1n) is 10.3. The molecular formula is C24H31BrN2O2. The molecular weight excluding hydrogens is 428 g/mol. The average Bonchev–Trinajstić information content (AvgIpc) is 2.68. The van der Waals surface area contributed by atoms with Crippen LogP contribution in [-0.4, -0.2) is 36.5 Å². The normalized spacial score (nSPS) is 15.9. The van der Waals surface area contributed by atoms with Gasteiger partial charge in [0.1, 0.15) is 5.75 Å². The molecule has 4 nitrogen and oxygen atoms in total. The van der Waals surface area contributed by atoms with E-state index >= 15 is 0 Å². The van der Waals surface area contributed by atoms with Crippen LogP contribution in [0.25, 0.3) is 0 Å². The number of benzene rings is 2. The summed E-state index contributed by atoms with van der Waals surface area (Å²) in [6.07, 6.45) is 1.95. The molecule has 0 atom stereocenters. The lowest BCUT2D eigenvalue weighted by molar-refractivity contribution is -0.124. The Kier molecular flexibility index (Phi) is 7.36. The van der Waals surface area contributed by atoms with Crippen LogP contribution < -0.4 is 10.1 Å². The van der Waals surface area contributed by atoms with Gasteiger partial charge in [0.15, 0.2) is 6.61 Å². The van der Waals surface area contributed by atoms with Crippen molar-refractivity contribution < 1.29 is 9.53 Å². The topological polar surface area (TPSA) is 41.6 Å². The number of amides is 1. The third-order valence-corrected chi connectivity index (χ3v) is 5.80. The van der Waals surface area contributed by atoms with Crippen molar-refractivity contribution in [3.8, 4) is 5.75 Å². The molecule has 0 radical (unpaired) electrons. The van der Waals surface area contributed by atoms with Crippen molar-refractivity contribution in [2.45, 2.75) is 51.6 Å². The Morgan fingerprint density at radius 1 is 1.14 bits per heavy atom. The number of halogens is 1. The monoisotopic (exact) mass is 458 g/mol. The SMILES string of the molecule is CC(C)(C)c1cc(Br)ccc1OCC(=O)NC1CCN(Cc2ccccc2)CC1. The number of piperidine rings is 1. The maximum atomic E-state index is 12.4. The number of hydrogen-bond acceptors (Lipinski definition) is 3. The highest BCUT2D eigenvalue weighted by Crippen LogP contribution is 2.33. The zero-order valence-corrected chi connectivity index (χ0v) is 19.2. The lowest BCUT2D eigenvalue weighted by Crippen LogP contribution is -2.45. The van der Waals surface area contributed by atoms with Crippen LogP contribution in [0.1, 0.15) is 44.7 Å². The number of ether oxygens (including phenoxy) is 1. The molecule has 2 aromatic rings. The summed E-state index contributed by atoms with van der Waals surface area (Å²) in [5, 5.41) is 3.14. The van der Waals surface area contributed by atoms with Crippen LogP contribution in [-0.2, 0) is 16.8 Å². The van der Waals surface area contributed by atoms with Gasteiger partial charge in [-0.25, -0.2) is 0 Å². The van der Waals surface area contributed by atoms with Gasteiger partial charge in [-0.15, -0.1) is 0 Å². The summed E-state index contributed by atoms with van der Waals surface area (Å²) in [6.45, 7) is 9.46. The maximum Gasteiger partial charge on any atom is 0.258 e. The molecule has 1 saturated heterocycles. The van der Waals surface area contributed by atoms with E-state index in [1.54, 1.807) is 0 Å². The quantitative estimate of drug-likeness (QED) is 0.668. The molecule has 1 aliphatic heterocycles. The highest BCUT2D eigenvalue weighted by atomic mass is 79.9. The first-order valence-corrected chi connectivity index (χ1v) is 11.1. The largest absolute Gasteiger partial charge is 0.483 e. The molecule has 156 valence electrons. The number of rotatable bonds is 6. The molecule has 3 rings (SSSR count). The van der Waals surface area contributed by atoms with Crippen molar-refractivity contribution in [3.05, 3.63) is 64.1 Å². The van der Waals surface area contributed by atoms with Crippen LogP contribution >= 0.6 is 15.9 Å². The molecule has 1 amide bonds. The van der Waals surface area contributed by atoms with E-state index in [0.29, 0.717) is 0 Å². The standard InChI is InChI=1S/C24H31BrN2O2/c1-24(2,3)21-15-19(25)9-10-22(21)29-17-23(28)26-20-11-13-27(14-12-20)16-18-7-5-4-6-8-18/h4-10,15,20H,11-14,16-17H2,1-3H3,(H,26,28). The molecule has 1 aliphatic rings. The summed E-state index contributed by atoms with van der Waals surface area (Å²) in [5.41, 5.74) is 2.38. The zero-order valence-electron chi connectivity index (χ0n) is 17.6. The van der Waals surface area contributed by atoms with Crippen LogP contribution in [0, 0.1) is 0 Å². The molecule has 5 heteroatoms. The smallest absolute Gasteiger partial charge is 0.258 e. The van der Waals surface area contributed by atoms with Gasteiger partial charge < -0.3 is 10.1 Å². The van der Waals surface area contributed by atoms with Gasteiger partial charge in [0, 0.05) is 35.7 Å². The lowest BCUT2D eigenvalue weighted by atomic mass is 9.86. The van der Waals surface area contributed by atoms with E-state index in [1.807, 2.05) is 18.2 Å². The minimum Gasteiger partial charge on any atom is -0.483 e. The molecule has 1 fully saturated rings. The van der Waals surface area contributed by atoms with Crippen LogP contribution in [0.2, 0.25) is 0 Å². The van der Waals surface area contributed by atoms with Crippen molar-refractivity contribution in [3.63, 3.8) is 0 Å². The van der Waals surface area contributed by atoms with Crippen molar-refractivity contribution in [1.82, 2.24) is 10.2 Å². The highest BCUT2D eigenvalue weighted by Gasteiger charge is 2.22. The van der Waals surface area contributed by atoms with E-state index in [4.69, 9.17) is 4.74 Å². The Morgan fingerprint density at radius 3 is 2.48 bits per heavy atom. The van der Waals surface area contributed by atoms with Crippen molar-refractivity contribution in [2.75, 3.05) is 19.7 Å². The van der Waals surface area contributed by atoms with Gasteiger partial charge in [-0.1, -0.05) is 67.0 Å². The number of likely N-dealkylation sites (tertiary alicyclic amines) is 1. The first kappa shape index (κ1) is 21.8. The molecule has 29 heavy (non-hydrogen) atoms. The van der Waals surface area contributed by atoms with Gasteiger partial charge in [-0.2, -0.15) is 0 Å². The zero-order chi connectivity index (χ0) is 20.9. The third-order valence-electron chi connectivity index (χ3n) is 5.31. The summed E-state index contributed by atoms with van der Waals surface area (Å²) in [7, 11) is 0. The Morgan fingerprint density at radius 2 is 1.83 bits per heavy atom. The van der Waals surface area contributed by atoms with E-state index in [1.165, 1.54) is 5.56 Å². The average molecular weight is 459 g/mol. The molecule has 0 saturated carbocycles. The van der Waals surface area contributed by atoms with Crippen LogP contribution in [0.4, 0.5) is 0 Å². The van der Waals surface area contributed by atoms with Gasteiger partial charge in [-0.05, 0) is 42.0 Å².